The lowest BCUT2D eigenvalue weighted by Crippen LogP contribution is -2.31. The third-order valence-electron chi connectivity index (χ3n) is 3.01. The Kier molecular flexibility index (Phi) is 5.83. The van der Waals surface area contributed by atoms with Crippen LogP contribution >= 0.6 is 23.5 Å². The summed E-state index contributed by atoms with van der Waals surface area (Å²) in [7, 11) is 0. The van der Waals surface area contributed by atoms with Crippen LogP contribution in [0.15, 0.2) is 12.1 Å². The molecule has 1 saturated heterocycles. The molecule has 116 valence electrons. The van der Waals surface area contributed by atoms with Gasteiger partial charge in [0.15, 0.2) is 17.5 Å². The van der Waals surface area contributed by atoms with Gasteiger partial charge in [-0.3, -0.25) is 4.79 Å². The largest absolute Gasteiger partial charge is 0.396 e. The minimum absolute atomic E-state index is 0.0168. The Labute approximate surface area is 128 Å². The molecule has 1 amide bonds. The molecule has 1 aromatic carbocycles. The maximum atomic E-state index is 13.9. The molecule has 2 rings (SSSR count). The molecule has 3 nitrogen and oxygen atoms in total. The fraction of sp³-hybridized carbons (Fsp3) is 0.462. The van der Waals surface area contributed by atoms with Crippen molar-refractivity contribution in [1.29, 1.82) is 0 Å². The molecule has 21 heavy (non-hydrogen) atoms. The maximum absolute atomic E-state index is 13.9. The molecular weight excluding hydrogens is 323 g/mol. The number of rotatable bonds is 6. The fourth-order valence-electron chi connectivity index (χ4n) is 2.01. The monoisotopic (exact) mass is 337 g/mol. The number of hydrogen-bond acceptors (Lipinski definition) is 4. The van der Waals surface area contributed by atoms with Crippen LogP contribution in [0.3, 0.4) is 0 Å². The second-order valence-electron chi connectivity index (χ2n) is 4.35. The van der Waals surface area contributed by atoms with Crippen LogP contribution in [-0.2, 0) is 4.79 Å². The Balaban J connectivity index is 2.14. The Bertz CT molecular complexity index is 530. The zero-order valence-corrected chi connectivity index (χ0v) is 12.7. The molecule has 1 fully saturated rings. The Hall–Kier alpha value is -0.860. The molecule has 0 aromatic heterocycles. The van der Waals surface area contributed by atoms with Crippen molar-refractivity contribution < 1.29 is 23.1 Å². The van der Waals surface area contributed by atoms with Crippen molar-refractivity contribution in [2.45, 2.75) is 5.37 Å². The van der Waals surface area contributed by atoms with Gasteiger partial charge in [0.2, 0.25) is 5.91 Å². The molecule has 0 bridgehead atoms. The molecule has 1 atom stereocenters. The summed E-state index contributed by atoms with van der Waals surface area (Å²) in [6.45, 7) is 0.425. The number of carbonyl (C=O) groups excluding carboxylic acids is 1. The first-order valence-corrected chi connectivity index (χ1v) is 8.49. The predicted octanol–water partition coefficient (Wildman–Crippen LogP) is 2.40. The van der Waals surface area contributed by atoms with E-state index < -0.39 is 22.8 Å². The highest BCUT2D eigenvalue weighted by Crippen LogP contribution is 2.40. The third kappa shape index (κ3) is 3.67. The second kappa shape index (κ2) is 7.42. The Morgan fingerprint density at radius 1 is 1.29 bits per heavy atom. The van der Waals surface area contributed by atoms with E-state index in [0.717, 1.165) is 6.07 Å². The van der Waals surface area contributed by atoms with Gasteiger partial charge in [0.1, 0.15) is 5.37 Å². The fourth-order valence-corrected chi connectivity index (χ4v) is 3.90. The van der Waals surface area contributed by atoms with E-state index in [1.165, 1.54) is 34.5 Å². The molecule has 0 aliphatic carbocycles. The second-order valence-corrected chi connectivity index (χ2v) is 6.64. The third-order valence-corrected chi connectivity index (χ3v) is 5.19. The van der Waals surface area contributed by atoms with Crippen molar-refractivity contribution in [3.05, 3.63) is 35.1 Å². The number of amides is 1. The van der Waals surface area contributed by atoms with Gasteiger partial charge in [0.25, 0.3) is 0 Å². The Morgan fingerprint density at radius 2 is 2.05 bits per heavy atom. The average molecular weight is 337 g/mol. The van der Waals surface area contributed by atoms with Crippen LogP contribution < -0.4 is 0 Å². The summed E-state index contributed by atoms with van der Waals surface area (Å²) in [5.41, 5.74) is -0.0168. The van der Waals surface area contributed by atoms with E-state index in [9.17, 15) is 18.0 Å². The van der Waals surface area contributed by atoms with E-state index >= 15 is 0 Å². The minimum Gasteiger partial charge on any atom is -0.396 e. The first-order valence-electron chi connectivity index (χ1n) is 6.29. The molecule has 8 heteroatoms. The van der Waals surface area contributed by atoms with E-state index in [2.05, 4.69) is 0 Å². The number of benzene rings is 1. The normalized spacial score (nSPS) is 18.6. The summed E-state index contributed by atoms with van der Waals surface area (Å²) in [5.74, 6) is -2.81. The molecule has 0 radical (unpaired) electrons. The van der Waals surface area contributed by atoms with E-state index in [1.807, 2.05) is 0 Å². The highest BCUT2D eigenvalue weighted by atomic mass is 32.2. The van der Waals surface area contributed by atoms with Crippen molar-refractivity contribution in [3.8, 4) is 0 Å². The zero-order chi connectivity index (χ0) is 15.4. The number of hydrogen-bond donors (Lipinski definition) is 1. The molecule has 0 saturated carbocycles. The van der Waals surface area contributed by atoms with Gasteiger partial charge in [0.05, 0.1) is 12.4 Å². The summed E-state index contributed by atoms with van der Waals surface area (Å²) in [6.07, 6.45) is 0. The van der Waals surface area contributed by atoms with Gasteiger partial charge in [0, 0.05) is 23.6 Å². The van der Waals surface area contributed by atoms with Gasteiger partial charge in [-0.25, -0.2) is 13.2 Å². The molecule has 1 aromatic rings. The lowest BCUT2D eigenvalue weighted by atomic mass is 10.1. The van der Waals surface area contributed by atoms with Gasteiger partial charge >= 0.3 is 0 Å². The molecule has 1 heterocycles. The molecule has 1 aliphatic rings. The van der Waals surface area contributed by atoms with Crippen LogP contribution in [0.2, 0.25) is 0 Å². The zero-order valence-electron chi connectivity index (χ0n) is 11.0. The topological polar surface area (TPSA) is 40.5 Å². The quantitative estimate of drug-likeness (QED) is 0.639. The summed E-state index contributed by atoms with van der Waals surface area (Å²) in [4.78, 5) is 13.3. The van der Waals surface area contributed by atoms with Gasteiger partial charge < -0.3 is 10.0 Å². The number of nitrogens with zero attached hydrogens (tertiary/aromatic N) is 1. The van der Waals surface area contributed by atoms with Gasteiger partial charge in [-0.2, -0.15) is 11.8 Å². The first kappa shape index (κ1) is 16.5. The number of halogens is 3. The lowest BCUT2D eigenvalue weighted by molar-refractivity contribution is -0.127. The summed E-state index contributed by atoms with van der Waals surface area (Å²) >= 11 is 2.66. The highest BCUT2D eigenvalue weighted by molar-refractivity contribution is 8.00. The molecular formula is C13H14F3NO2S2. The van der Waals surface area contributed by atoms with Crippen molar-refractivity contribution in [3.63, 3.8) is 0 Å². The van der Waals surface area contributed by atoms with Crippen molar-refractivity contribution >= 4 is 29.4 Å². The summed E-state index contributed by atoms with van der Waals surface area (Å²) < 4.78 is 40.2. The molecule has 1 aliphatic heterocycles. The van der Waals surface area contributed by atoms with Crippen LogP contribution in [0, 0.1) is 17.5 Å². The predicted molar refractivity (Wildman–Crippen MR) is 77.6 cm³/mol. The lowest BCUT2D eigenvalue weighted by Gasteiger charge is -2.24. The SMILES string of the molecule is O=C1CSC(c2ccc(F)c(F)c2F)N1CCSCCO. The first-order chi connectivity index (χ1) is 10.1. The highest BCUT2D eigenvalue weighted by Gasteiger charge is 2.35. The number of carbonyl (C=O) groups is 1. The van der Waals surface area contributed by atoms with Crippen LogP contribution in [0.1, 0.15) is 10.9 Å². The van der Waals surface area contributed by atoms with E-state index in [-0.39, 0.29) is 23.8 Å². The summed E-state index contributed by atoms with van der Waals surface area (Å²) in [6, 6.07) is 2.05. The number of thioether (sulfide) groups is 2. The van der Waals surface area contributed by atoms with Gasteiger partial charge in [-0.15, -0.1) is 11.8 Å². The number of aliphatic hydroxyl groups excluding tert-OH is 1. The van der Waals surface area contributed by atoms with Gasteiger partial charge in [-0.05, 0) is 6.07 Å². The average Bonchev–Trinajstić information content (AvgIpc) is 2.83. The van der Waals surface area contributed by atoms with E-state index in [1.54, 1.807) is 0 Å². The van der Waals surface area contributed by atoms with Gasteiger partial charge in [-0.1, -0.05) is 6.07 Å². The standard InChI is InChI=1S/C13H14F3NO2S2/c14-9-2-1-8(11(15)12(9)16)13-17(10(19)7-21-13)3-5-20-6-4-18/h1-2,13,18H,3-7H2. The van der Waals surface area contributed by atoms with E-state index in [0.29, 0.717) is 18.1 Å². The smallest absolute Gasteiger partial charge is 0.233 e. The molecule has 0 spiro atoms. The minimum atomic E-state index is -1.51. The van der Waals surface area contributed by atoms with E-state index in [4.69, 9.17) is 5.11 Å². The van der Waals surface area contributed by atoms with Crippen molar-refractivity contribution in [2.75, 3.05) is 30.4 Å². The van der Waals surface area contributed by atoms with Crippen LogP contribution in [0.5, 0.6) is 0 Å². The van der Waals surface area contributed by atoms with Crippen LogP contribution in [0.4, 0.5) is 13.2 Å². The number of aliphatic hydroxyl groups is 1. The molecule has 1 unspecified atom stereocenters. The van der Waals surface area contributed by atoms with Crippen LogP contribution in [0.25, 0.3) is 0 Å². The summed E-state index contributed by atoms with van der Waals surface area (Å²) in [5, 5.41) is 8.06. The van der Waals surface area contributed by atoms with Crippen molar-refractivity contribution in [2.24, 2.45) is 0 Å². The Morgan fingerprint density at radius 3 is 2.76 bits per heavy atom. The maximum Gasteiger partial charge on any atom is 0.233 e. The molecule has 1 N–H and O–H groups in total. The van der Waals surface area contributed by atoms with Crippen LogP contribution in [-0.4, -0.2) is 46.3 Å². The van der Waals surface area contributed by atoms with Crippen molar-refractivity contribution in [1.82, 2.24) is 4.90 Å².